The lowest BCUT2D eigenvalue weighted by molar-refractivity contribution is 0.653. The van der Waals surface area contributed by atoms with Crippen LogP contribution >= 0.6 is 12.2 Å². The molecule has 0 saturated carbocycles. The van der Waals surface area contributed by atoms with Gasteiger partial charge in [0.25, 0.3) is 0 Å². The Labute approximate surface area is 114 Å². The molecule has 2 rings (SSSR count). The summed E-state index contributed by atoms with van der Waals surface area (Å²) < 4.78 is 0. The van der Waals surface area contributed by atoms with Gasteiger partial charge in [-0.15, -0.1) is 0 Å². The van der Waals surface area contributed by atoms with Crippen molar-refractivity contribution in [2.45, 2.75) is 26.2 Å². The zero-order valence-electron chi connectivity index (χ0n) is 10.6. The molecule has 2 aliphatic rings. The maximum atomic E-state index is 8.21. The lowest BCUT2D eigenvalue weighted by Gasteiger charge is -2.24. The van der Waals surface area contributed by atoms with Gasteiger partial charge in [-0.25, -0.2) is 0 Å². The molecule has 2 aliphatic carbocycles. The number of amidine groups is 1. The molecule has 2 nitrogen and oxygen atoms in total. The van der Waals surface area contributed by atoms with E-state index >= 15 is 0 Å². The van der Waals surface area contributed by atoms with Crippen LogP contribution in [0, 0.1) is 5.41 Å². The third-order valence-corrected chi connectivity index (χ3v) is 3.64. The molecule has 94 valence electrons. The van der Waals surface area contributed by atoms with E-state index in [-0.39, 0.29) is 0 Å². The molecule has 0 aliphatic heterocycles. The Morgan fingerprint density at radius 1 is 1.50 bits per heavy atom. The van der Waals surface area contributed by atoms with E-state index in [2.05, 4.69) is 25.2 Å². The predicted molar refractivity (Wildman–Crippen MR) is 81.0 cm³/mol. The summed E-state index contributed by atoms with van der Waals surface area (Å²) in [5.41, 5.74) is 5.34. The van der Waals surface area contributed by atoms with Gasteiger partial charge in [0.1, 0.15) is 5.84 Å². The summed E-state index contributed by atoms with van der Waals surface area (Å²) in [6.07, 6.45) is 13.4. The van der Waals surface area contributed by atoms with Crippen LogP contribution in [0.5, 0.6) is 0 Å². The summed E-state index contributed by atoms with van der Waals surface area (Å²) in [6, 6.07) is 0. The largest absolute Gasteiger partial charge is 0.319 e. The molecule has 18 heavy (non-hydrogen) atoms. The van der Waals surface area contributed by atoms with Gasteiger partial charge >= 0.3 is 0 Å². The summed E-state index contributed by atoms with van der Waals surface area (Å²) in [5.74, 6) is 0.532. The lowest BCUT2D eigenvalue weighted by atomic mass is 9.98. The SMILES string of the molecule is CC1=C(CN(C=S)C(=N)C2=CC=CC2)CCC=C1. The summed E-state index contributed by atoms with van der Waals surface area (Å²) in [5, 5.41) is 8.21. The lowest BCUT2D eigenvalue weighted by Crippen LogP contribution is -2.31. The first-order valence-electron chi connectivity index (χ1n) is 6.24. The topological polar surface area (TPSA) is 27.1 Å². The van der Waals surface area contributed by atoms with E-state index in [1.807, 2.05) is 17.1 Å². The number of thiocarbonyl (C=S) groups is 1. The predicted octanol–water partition coefficient (Wildman–Crippen LogP) is 3.78. The normalized spacial score (nSPS) is 17.9. The average Bonchev–Trinajstić information content (AvgIpc) is 2.91. The van der Waals surface area contributed by atoms with Crippen LogP contribution in [0.15, 0.2) is 47.1 Å². The van der Waals surface area contributed by atoms with Gasteiger partial charge in [-0.2, -0.15) is 0 Å². The number of allylic oxidation sites excluding steroid dienone is 6. The maximum absolute atomic E-state index is 8.21. The minimum Gasteiger partial charge on any atom is -0.319 e. The van der Waals surface area contributed by atoms with Crippen LogP contribution < -0.4 is 0 Å². The highest BCUT2D eigenvalue weighted by atomic mass is 32.1. The van der Waals surface area contributed by atoms with Crippen molar-refractivity contribution in [1.29, 1.82) is 5.41 Å². The molecular weight excluding hydrogens is 240 g/mol. The zero-order chi connectivity index (χ0) is 13.0. The van der Waals surface area contributed by atoms with Crippen molar-refractivity contribution in [2.24, 2.45) is 0 Å². The second-order valence-electron chi connectivity index (χ2n) is 4.63. The van der Waals surface area contributed by atoms with Gasteiger partial charge in [0.15, 0.2) is 0 Å². The Morgan fingerprint density at radius 2 is 2.33 bits per heavy atom. The van der Waals surface area contributed by atoms with Gasteiger partial charge in [0.2, 0.25) is 0 Å². The van der Waals surface area contributed by atoms with Gasteiger partial charge < -0.3 is 4.90 Å². The van der Waals surface area contributed by atoms with Gasteiger partial charge in [-0.3, -0.25) is 5.41 Å². The standard InChI is InChI=1S/C15H18N2S/c1-12-6-2-3-9-14(12)10-17(11-18)15(16)13-7-4-5-8-13/h2,4-7,11,16H,3,8-10H2,1H3. The monoisotopic (exact) mass is 258 g/mol. The highest BCUT2D eigenvalue weighted by Gasteiger charge is 2.15. The van der Waals surface area contributed by atoms with Crippen LogP contribution in [-0.2, 0) is 0 Å². The van der Waals surface area contributed by atoms with E-state index in [0.29, 0.717) is 5.84 Å². The molecule has 0 bridgehead atoms. The average molecular weight is 258 g/mol. The van der Waals surface area contributed by atoms with E-state index in [9.17, 15) is 0 Å². The van der Waals surface area contributed by atoms with Crippen molar-refractivity contribution in [3.05, 3.63) is 47.1 Å². The fourth-order valence-corrected chi connectivity index (χ4v) is 2.40. The molecule has 0 saturated heterocycles. The van der Waals surface area contributed by atoms with Crippen molar-refractivity contribution >= 4 is 23.5 Å². The van der Waals surface area contributed by atoms with Crippen molar-refractivity contribution in [3.63, 3.8) is 0 Å². The molecule has 0 atom stereocenters. The number of nitrogens with one attached hydrogen (secondary N) is 1. The van der Waals surface area contributed by atoms with E-state index in [1.54, 1.807) is 5.49 Å². The third kappa shape index (κ3) is 2.85. The molecule has 0 spiro atoms. The number of hydrogen-bond donors (Lipinski definition) is 1. The first-order chi connectivity index (χ1) is 8.72. The fraction of sp³-hybridized carbons (Fsp3) is 0.333. The van der Waals surface area contributed by atoms with E-state index in [4.69, 9.17) is 17.6 Å². The molecular formula is C15H18N2S. The highest BCUT2D eigenvalue weighted by molar-refractivity contribution is 7.78. The van der Waals surface area contributed by atoms with E-state index in [0.717, 1.165) is 31.4 Å². The minimum atomic E-state index is 0.532. The van der Waals surface area contributed by atoms with Crippen molar-refractivity contribution in [3.8, 4) is 0 Å². The van der Waals surface area contributed by atoms with Crippen LogP contribution in [0.2, 0.25) is 0 Å². The Morgan fingerprint density at radius 3 is 2.94 bits per heavy atom. The van der Waals surface area contributed by atoms with Crippen molar-refractivity contribution < 1.29 is 0 Å². The van der Waals surface area contributed by atoms with Crippen molar-refractivity contribution in [2.75, 3.05) is 6.54 Å². The van der Waals surface area contributed by atoms with E-state index < -0.39 is 0 Å². The van der Waals surface area contributed by atoms with Gasteiger partial charge in [-0.1, -0.05) is 48.2 Å². The van der Waals surface area contributed by atoms with Gasteiger partial charge in [0.05, 0.1) is 5.49 Å². The smallest absolute Gasteiger partial charge is 0.129 e. The molecule has 0 radical (unpaired) electrons. The van der Waals surface area contributed by atoms with Crippen molar-refractivity contribution in [1.82, 2.24) is 4.90 Å². The summed E-state index contributed by atoms with van der Waals surface area (Å²) >= 11 is 5.06. The summed E-state index contributed by atoms with van der Waals surface area (Å²) in [6.45, 7) is 2.88. The fourth-order valence-electron chi connectivity index (χ4n) is 2.22. The molecule has 0 aromatic heterocycles. The number of nitrogens with zero attached hydrogens (tertiary/aromatic N) is 1. The Balaban J connectivity index is 2.08. The van der Waals surface area contributed by atoms with Crippen LogP contribution in [-0.4, -0.2) is 22.8 Å². The Kier molecular flexibility index (Phi) is 4.26. The zero-order valence-corrected chi connectivity index (χ0v) is 11.5. The molecule has 0 aromatic carbocycles. The molecule has 0 unspecified atom stereocenters. The first-order valence-corrected chi connectivity index (χ1v) is 6.71. The molecule has 0 aromatic rings. The third-order valence-electron chi connectivity index (χ3n) is 3.39. The molecule has 0 amide bonds. The van der Waals surface area contributed by atoms with Crippen LogP contribution in [0.3, 0.4) is 0 Å². The summed E-state index contributed by atoms with van der Waals surface area (Å²) in [4.78, 5) is 1.87. The number of hydrogen-bond acceptors (Lipinski definition) is 2. The Hall–Kier alpha value is -1.48. The second kappa shape index (κ2) is 5.91. The molecule has 3 heteroatoms. The molecule has 0 fully saturated rings. The minimum absolute atomic E-state index is 0.532. The molecule has 0 heterocycles. The van der Waals surface area contributed by atoms with Crippen LogP contribution in [0.1, 0.15) is 26.2 Å². The van der Waals surface area contributed by atoms with Crippen LogP contribution in [0.4, 0.5) is 0 Å². The van der Waals surface area contributed by atoms with Gasteiger partial charge in [-0.05, 0) is 37.3 Å². The van der Waals surface area contributed by atoms with E-state index in [1.165, 1.54) is 11.1 Å². The van der Waals surface area contributed by atoms with Crippen LogP contribution in [0.25, 0.3) is 0 Å². The summed E-state index contributed by atoms with van der Waals surface area (Å²) in [7, 11) is 0. The number of rotatable bonds is 4. The molecule has 1 N–H and O–H groups in total. The Bertz CT molecular complexity index is 481. The van der Waals surface area contributed by atoms with Gasteiger partial charge in [0, 0.05) is 6.54 Å². The highest BCUT2D eigenvalue weighted by Crippen LogP contribution is 2.21. The maximum Gasteiger partial charge on any atom is 0.129 e. The quantitative estimate of drug-likeness (QED) is 0.472. The second-order valence-corrected chi connectivity index (χ2v) is 4.84. The first kappa shape index (κ1) is 13.0.